The van der Waals surface area contributed by atoms with Crippen LogP contribution in [0.25, 0.3) is 22.4 Å². The molecular formula is C21H22FN5O2S. The van der Waals surface area contributed by atoms with Gasteiger partial charge in [0.2, 0.25) is 10.0 Å². The van der Waals surface area contributed by atoms with Crippen LogP contribution in [0.5, 0.6) is 0 Å². The number of nitrogens with one attached hydrogen (secondary N) is 2. The van der Waals surface area contributed by atoms with Crippen LogP contribution in [0.15, 0.2) is 59.8 Å². The maximum absolute atomic E-state index is 14.9. The Labute approximate surface area is 174 Å². The molecule has 1 saturated heterocycles. The van der Waals surface area contributed by atoms with Gasteiger partial charge in [-0.25, -0.2) is 22.5 Å². The van der Waals surface area contributed by atoms with E-state index in [1.165, 1.54) is 24.5 Å². The van der Waals surface area contributed by atoms with Crippen LogP contribution in [-0.4, -0.2) is 37.5 Å². The third-order valence-corrected chi connectivity index (χ3v) is 6.60. The summed E-state index contributed by atoms with van der Waals surface area (Å²) < 4.78 is 43.7. The highest BCUT2D eigenvalue weighted by Gasteiger charge is 2.24. The van der Waals surface area contributed by atoms with Crippen molar-refractivity contribution in [1.82, 2.24) is 20.0 Å². The Hall–Kier alpha value is -2.88. The van der Waals surface area contributed by atoms with E-state index in [4.69, 9.17) is 5.73 Å². The summed E-state index contributed by atoms with van der Waals surface area (Å²) in [5.41, 5.74) is 7.04. The molecule has 0 amide bonds. The molecule has 1 aliphatic heterocycles. The van der Waals surface area contributed by atoms with Gasteiger partial charge in [0.25, 0.3) is 0 Å². The van der Waals surface area contributed by atoms with E-state index in [0.717, 1.165) is 19.4 Å². The molecule has 0 bridgehead atoms. The van der Waals surface area contributed by atoms with E-state index >= 15 is 0 Å². The van der Waals surface area contributed by atoms with Crippen LogP contribution in [0, 0.1) is 5.82 Å². The number of nitrogen functional groups attached to an aromatic ring is 1. The highest BCUT2D eigenvalue weighted by atomic mass is 32.2. The van der Waals surface area contributed by atoms with E-state index < -0.39 is 15.8 Å². The van der Waals surface area contributed by atoms with Crippen molar-refractivity contribution in [3.63, 3.8) is 0 Å². The van der Waals surface area contributed by atoms with E-state index in [9.17, 15) is 12.8 Å². The highest BCUT2D eigenvalue weighted by molar-refractivity contribution is 7.89. The standard InChI is InChI=1S/C21H22FN5O2S/c22-18-10-14(7-8-17(18)19-12-26-21(23)13-25-19)16-5-1-2-6-20(16)30(28,29)27-15-4-3-9-24-11-15/h1-2,5-8,10,12-13,15,24,27H,3-4,9,11H2,(H2,23,26)/t15-/m0/s1. The molecule has 1 atom stereocenters. The largest absolute Gasteiger partial charge is 0.382 e. The Balaban J connectivity index is 1.68. The molecule has 1 aliphatic rings. The van der Waals surface area contributed by atoms with E-state index in [0.29, 0.717) is 23.4 Å². The summed E-state index contributed by atoms with van der Waals surface area (Å²) in [6.45, 7) is 1.48. The number of halogens is 1. The lowest BCUT2D eigenvalue weighted by Gasteiger charge is -2.24. The van der Waals surface area contributed by atoms with Crippen LogP contribution >= 0.6 is 0 Å². The van der Waals surface area contributed by atoms with Crippen LogP contribution in [0.2, 0.25) is 0 Å². The first-order chi connectivity index (χ1) is 14.4. The number of hydrogen-bond acceptors (Lipinski definition) is 6. The zero-order valence-corrected chi connectivity index (χ0v) is 17.0. The van der Waals surface area contributed by atoms with Gasteiger partial charge in [0.15, 0.2) is 0 Å². The lowest BCUT2D eigenvalue weighted by atomic mass is 10.0. The quantitative estimate of drug-likeness (QED) is 0.577. The summed E-state index contributed by atoms with van der Waals surface area (Å²) in [7, 11) is -3.77. The summed E-state index contributed by atoms with van der Waals surface area (Å²) >= 11 is 0. The van der Waals surface area contributed by atoms with Crippen molar-refractivity contribution in [3.05, 3.63) is 60.7 Å². The van der Waals surface area contributed by atoms with Gasteiger partial charge in [0.05, 0.1) is 23.0 Å². The third kappa shape index (κ3) is 4.33. The van der Waals surface area contributed by atoms with Gasteiger partial charge in [-0.05, 0) is 43.1 Å². The molecule has 0 saturated carbocycles. The first kappa shape index (κ1) is 20.4. The van der Waals surface area contributed by atoms with E-state index in [1.807, 2.05) is 0 Å². The predicted molar refractivity (Wildman–Crippen MR) is 113 cm³/mol. The minimum absolute atomic E-state index is 0.120. The van der Waals surface area contributed by atoms with Gasteiger partial charge >= 0.3 is 0 Å². The van der Waals surface area contributed by atoms with Gasteiger partial charge in [-0.2, -0.15) is 0 Å². The molecule has 0 aliphatic carbocycles. The van der Waals surface area contributed by atoms with E-state index in [2.05, 4.69) is 20.0 Å². The first-order valence-corrected chi connectivity index (χ1v) is 11.1. The molecule has 0 unspecified atom stereocenters. The van der Waals surface area contributed by atoms with Gasteiger partial charge < -0.3 is 11.1 Å². The summed E-state index contributed by atoms with van der Waals surface area (Å²) in [5.74, 6) is -0.279. The van der Waals surface area contributed by atoms with Crippen LogP contribution < -0.4 is 15.8 Å². The third-order valence-electron chi connectivity index (χ3n) is 5.02. The SMILES string of the molecule is Nc1cnc(-c2ccc(-c3ccccc3S(=O)(=O)N[C@H]3CCCNC3)cc2F)cn1. The summed E-state index contributed by atoms with van der Waals surface area (Å²) in [5, 5.41) is 3.19. The van der Waals surface area contributed by atoms with Crippen molar-refractivity contribution in [3.8, 4) is 22.4 Å². The minimum Gasteiger partial charge on any atom is -0.382 e. The topological polar surface area (TPSA) is 110 Å². The molecule has 3 aromatic rings. The zero-order valence-electron chi connectivity index (χ0n) is 16.2. The molecule has 0 radical (unpaired) electrons. The number of piperidine rings is 1. The normalized spacial score (nSPS) is 17.0. The van der Waals surface area contributed by atoms with Gasteiger partial charge in [-0.15, -0.1) is 0 Å². The van der Waals surface area contributed by atoms with Crippen molar-refractivity contribution in [2.24, 2.45) is 0 Å². The fraction of sp³-hybridized carbons (Fsp3) is 0.238. The van der Waals surface area contributed by atoms with Crippen molar-refractivity contribution < 1.29 is 12.8 Å². The van der Waals surface area contributed by atoms with Crippen LogP contribution in [0.3, 0.4) is 0 Å². The van der Waals surface area contributed by atoms with E-state index in [1.54, 1.807) is 30.3 Å². The average Bonchev–Trinajstić information content (AvgIpc) is 2.75. The van der Waals surface area contributed by atoms with Crippen molar-refractivity contribution in [2.45, 2.75) is 23.8 Å². The Bertz CT molecular complexity index is 1150. The first-order valence-electron chi connectivity index (χ1n) is 9.64. The predicted octanol–water partition coefficient (Wildman–Crippen LogP) is 2.56. The zero-order chi connectivity index (χ0) is 21.1. The molecule has 1 fully saturated rings. The second kappa shape index (κ2) is 8.47. The molecule has 1 aromatic heterocycles. The van der Waals surface area contributed by atoms with Crippen LogP contribution in [0.1, 0.15) is 12.8 Å². The lowest BCUT2D eigenvalue weighted by molar-refractivity contribution is 0.429. The molecule has 4 N–H and O–H groups in total. The van der Waals surface area contributed by atoms with Crippen LogP contribution in [-0.2, 0) is 10.0 Å². The fourth-order valence-electron chi connectivity index (χ4n) is 3.54. The second-order valence-corrected chi connectivity index (χ2v) is 8.86. The number of nitrogens with zero attached hydrogens (tertiary/aromatic N) is 2. The maximum atomic E-state index is 14.9. The molecule has 4 rings (SSSR count). The molecular weight excluding hydrogens is 405 g/mol. The molecule has 2 aromatic carbocycles. The molecule has 9 heteroatoms. The van der Waals surface area contributed by atoms with Crippen LogP contribution in [0.4, 0.5) is 10.2 Å². The van der Waals surface area contributed by atoms with Crippen molar-refractivity contribution in [2.75, 3.05) is 18.8 Å². The molecule has 7 nitrogen and oxygen atoms in total. The Morgan fingerprint density at radius 3 is 2.63 bits per heavy atom. The highest BCUT2D eigenvalue weighted by Crippen LogP contribution is 2.31. The summed E-state index contributed by atoms with van der Waals surface area (Å²) in [6.07, 6.45) is 4.44. The number of nitrogens with two attached hydrogens (primary N) is 1. The number of hydrogen-bond donors (Lipinski definition) is 3. The number of rotatable bonds is 5. The van der Waals surface area contributed by atoms with Gasteiger partial charge in [0, 0.05) is 23.7 Å². The molecule has 30 heavy (non-hydrogen) atoms. The van der Waals surface area contributed by atoms with Crippen molar-refractivity contribution >= 4 is 15.8 Å². The smallest absolute Gasteiger partial charge is 0.241 e. The average molecular weight is 428 g/mol. The number of aromatic nitrogens is 2. The Morgan fingerprint density at radius 2 is 1.93 bits per heavy atom. The lowest BCUT2D eigenvalue weighted by Crippen LogP contribution is -2.45. The van der Waals surface area contributed by atoms with E-state index in [-0.39, 0.29) is 22.3 Å². The summed E-state index contributed by atoms with van der Waals surface area (Å²) in [4.78, 5) is 8.15. The van der Waals surface area contributed by atoms with Gasteiger partial charge in [0.1, 0.15) is 11.6 Å². The molecule has 0 spiro atoms. The Morgan fingerprint density at radius 1 is 1.10 bits per heavy atom. The molecule has 2 heterocycles. The number of anilines is 1. The maximum Gasteiger partial charge on any atom is 0.241 e. The molecule has 156 valence electrons. The summed E-state index contributed by atoms with van der Waals surface area (Å²) in [6, 6.07) is 11.0. The second-order valence-electron chi connectivity index (χ2n) is 7.18. The number of benzene rings is 2. The monoisotopic (exact) mass is 427 g/mol. The van der Waals surface area contributed by atoms with Gasteiger partial charge in [-0.1, -0.05) is 24.3 Å². The minimum atomic E-state index is -3.77. The fourth-order valence-corrected chi connectivity index (χ4v) is 5.04. The Kier molecular flexibility index (Phi) is 5.76. The number of sulfonamides is 1. The van der Waals surface area contributed by atoms with Gasteiger partial charge in [-0.3, -0.25) is 4.98 Å². The van der Waals surface area contributed by atoms with Crippen molar-refractivity contribution in [1.29, 1.82) is 0 Å².